The zero-order chi connectivity index (χ0) is 18.7. The van der Waals surface area contributed by atoms with Gasteiger partial charge in [-0.2, -0.15) is 0 Å². The highest BCUT2D eigenvalue weighted by molar-refractivity contribution is 7.09. The molecule has 2 aromatic heterocycles. The number of amides is 3. The molecule has 8 nitrogen and oxygen atoms in total. The molecule has 3 rings (SSSR count). The first-order valence-corrected chi connectivity index (χ1v) is 8.54. The Morgan fingerprint density at radius 1 is 1.31 bits per heavy atom. The van der Waals surface area contributed by atoms with Gasteiger partial charge in [0.05, 0.1) is 22.0 Å². The van der Waals surface area contributed by atoms with E-state index in [9.17, 15) is 9.59 Å². The van der Waals surface area contributed by atoms with Crippen molar-refractivity contribution in [2.75, 3.05) is 5.32 Å². The Labute approximate surface area is 153 Å². The number of benzene rings is 1. The van der Waals surface area contributed by atoms with Crippen molar-refractivity contribution in [2.24, 2.45) is 11.5 Å². The van der Waals surface area contributed by atoms with Gasteiger partial charge in [-0.3, -0.25) is 10.1 Å². The number of aromatic nitrogens is 2. The third-order valence-corrected chi connectivity index (χ3v) is 4.37. The molecular formula is C17H17N5O3S. The largest absolute Gasteiger partial charge is 0.487 e. The number of carbonyl (C=O) groups is 2. The van der Waals surface area contributed by atoms with Crippen LogP contribution in [-0.4, -0.2) is 21.9 Å². The molecule has 0 fully saturated rings. The van der Waals surface area contributed by atoms with E-state index in [4.69, 9.17) is 16.2 Å². The highest BCUT2D eigenvalue weighted by Crippen LogP contribution is 2.32. The quantitative estimate of drug-likeness (QED) is 0.529. The molecule has 0 aliphatic carbocycles. The summed E-state index contributed by atoms with van der Waals surface area (Å²) in [6.07, 6.45) is 0. The van der Waals surface area contributed by atoms with E-state index >= 15 is 0 Å². The van der Waals surface area contributed by atoms with Gasteiger partial charge < -0.3 is 21.2 Å². The summed E-state index contributed by atoms with van der Waals surface area (Å²) in [5.74, 6) is 0.0542. The van der Waals surface area contributed by atoms with Gasteiger partial charge in [-0.1, -0.05) is 12.1 Å². The number of rotatable bonds is 6. The van der Waals surface area contributed by atoms with Crippen LogP contribution >= 0.6 is 11.3 Å². The summed E-state index contributed by atoms with van der Waals surface area (Å²) in [6, 6.07) is 8.05. The maximum Gasteiger partial charge on any atom is 0.317 e. The van der Waals surface area contributed by atoms with E-state index in [2.05, 4.69) is 15.3 Å². The molecule has 0 radical (unpaired) electrons. The number of hydrogen-bond acceptors (Lipinski definition) is 5. The topological polar surface area (TPSA) is 136 Å². The van der Waals surface area contributed by atoms with Crippen LogP contribution in [0.25, 0.3) is 11.3 Å². The predicted octanol–water partition coefficient (Wildman–Crippen LogP) is 2.62. The number of carbonyl (C=O) groups excluding carboxylic acids is 2. The number of aromatic amines is 1. The van der Waals surface area contributed by atoms with Crippen molar-refractivity contribution < 1.29 is 14.3 Å². The highest BCUT2D eigenvalue weighted by Gasteiger charge is 2.17. The van der Waals surface area contributed by atoms with E-state index in [1.54, 1.807) is 23.5 Å². The molecule has 3 amide bonds. The average Bonchev–Trinajstić information content (AvgIpc) is 3.19. The molecule has 0 saturated carbocycles. The number of nitrogens with two attached hydrogens (primary N) is 2. The van der Waals surface area contributed by atoms with E-state index < -0.39 is 11.9 Å². The van der Waals surface area contributed by atoms with Gasteiger partial charge in [0.15, 0.2) is 0 Å². The fourth-order valence-electron chi connectivity index (χ4n) is 2.46. The first kappa shape index (κ1) is 17.5. The van der Waals surface area contributed by atoms with Crippen molar-refractivity contribution in [2.45, 2.75) is 13.5 Å². The maximum absolute atomic E-state index is 11.6. The van der Waals surface area contributed by atoms with Gasteiger partial charge >= 0.3 is 6.03 Å². The van der Waals surface area contributed by atoms with Gasteiger partial charge in [-0.25, -0.2) is 9.78 Å². The van der Waals surface area contributed by atoms with Gasteiger partial charge in [0.2, 0.25) is 0 Å². The summed E-state index contributed by atoms with van der Waals surface area (Å²) < 4.78 is 5.88. The maximum atomic E-state index is 11.6. The number of thiazole rings is 1. The summed E-state index contributed by atoms with van der Waals surface area (Å²) in [4.78, 5) is 30.1. The molecule has 0 atom stereocenters. The van der Waals surface area contributed by atoms with Crippen LogP contribution in [0.15, 0.2) is 35.7 Å². The van der Waals surface area contributed by atoms with E-state index in [0.717, 1.165) is 10.7 Å². The first-order chi connectivity index (χ1) is 12.4. The lowest BCUT2D eigenvalue weighted by molar-refractivity contribution is 0.100. The molecule has 26 heavy (non-hydrogen) atoms. The second-order valence-corrected chi connectivity index (χ2v) is 6.53. The van der Waals surface area contributed by atoms with Crippen LogP contribution in [0.5, 0.6) is 5.75 Å². The van der Waals surface area contributed by atoms with Gasteiger partial charge in [0.25, 0.3) is 5.91 Å². The van der Waals surface area contributed by atoms with Crippen LogP contribution in [0.3, 0.4) is 0 Å². The molecule has 2 heterocycles. The third kappa shape index (κ3) is 3.83. The molecule has 0 spiro atoms. The molecule has 0 aliphatic rings. The molecular weight excluding hydrogens is 354 g/mol. The van der Waals surface area contributed by atoms with Crippen molar-refractivity contribution in [1.29, 1.82) is 0 Å². The minimum atomic E-state index is -0.802. The van der Waals surface area contributed by atoms with Crippen LogP contribution in [0.1, 0.15) is 21.1 Å². The summed E-state index contributed by atoms with van der Waals surface area (Å²) in [7, 11) is 0. The number of ether oxygens (including phenoxy) is 1. The van der Waals surface area contributed by atoms with Crippen molar-refractivity contribution in [1.82, 2.24) is 9.97 Å². The number of nitrogens with one attached hydrogen (secondary N) is 2. The summed E-state index contributed by atoms with van der Waals surface area (Å²) in [6.45, 7) is 2.25. The molecule has 0 unspecified atom stereocenters. The van der Waals surface area contributed by atoms with E-state index in [-0.39, 0.29) is 11.4 Å². The zero-order valence-corrected chi connectivity index (χ0v) is 14.7. The highest BCUT2D eigenvalue weighted by atomic mass is 32.1. The molecule has 0 bridgehead atoms. The molecule has 134 valence electrons. The smallest absolute Gasteiger partial charge is 0.317 e. The number of anilines is 1. The van der Waals surface area contributed by atoms with Gasteiger partial charge in [-0.15, -0.1) is 11.3 Å². The fourth-order valence-corrected chi connectivity index (χ4v) is 3.05. The number of urea groups is 1. The van der Waals surface area contributed by atoms with Crippen LogP contribution in [0.2, 0.25) is 0 Å². The van der Waals surface area contributed by atoms with Crippen LogP contribution < -0.4 is 21.5 Å². The molecule has 9 heteroatoms. The number of nitrogens with zero attached hydrogens (tertiary/aromatic N) is 1. The Balaban J connectivity index is 1.91. The molecule has 1 aromatic carbocycles. The Hall–Kier alpha value is -3.33. The SMILES string of the molecule is Cc1nc(COc2ccccc2-c2cc(C(N)=O)c(NC(N)=O)[nH]2)cs1. The predicted molar refractivity (Wildman–Crippen MR) is 99.1 cm³/mol. The first-order valence-electron chi connectivity index (χ1n) is 7.66. The number of primary amides is 2. The number of para-hydroxylation sites is 1. The van der Waals surface area contributed by atoms with Crippen LogP contribution in [0.4, 0.5) is 10.6 Å². The summed E-state index contributed by atoms with van der Waals surface area (Å²) in [5.41, 5.74) is 12.7. The minimum Gasteiger partial charge on any atom is -0.487 e. The summed E-state index contributed by atoms with van der Waals surface area (Å²) in [5, 5.41) is 5.26. The Bertz CT molecular complexity index is 963. The lowest BCUT2D eigenvalue weighted by atomic mass is 10.1. The number of hydrogen-bond donors (Lipinski definition) is 4. The van der Waals surface area contributed by atoms with Crippen molar-refractivity contribution >= 4 is 29.1 Å². The summed E-state index contributed by atoms with van der Waals surface area (Å²) >= 11 is 1.55. The zero-order valence-electron chi connectivity index (χ0n) is 13.9. The van der Waals surface area contributed by atoms with E-state index in [1.807, 2.05) is 30.5 Å². The van der Waals surface area contributed by atoms with Crippen LogP contribution in [0, 0.1) is 6.92 Å². The molecule has 0 aliphatic heterocycles. The standard InChI is InChI=1S/C17H17N5O3S/c1-9-20-10(8-26-9)7-25-14-5-3-2-4-11(14)13-6-12(15(18)23)16(21-13)22-17(19)24/h2-6,8,21H,7H2,1H3,(H2,18,23)(H3,19,22,24). The Morgan fingerprint density at radius 2 is 2.08 bits per heavy atom. The second-order valence-electron chi connectivity index (χ2n) is 5.47. The Morgan fingerprint density at radius 3 is 2.73 bits per heavy atom. The van der Waals surface area contributed by atoms with Gasteiger partial charge in [0, 0.05) is 10.9 Å². The number of H-pyrrole nitrogens is 1. The normalized spacial score (nSPS) is 10.5. The number of aryl methyl sites for hydroxylation is 1. The van der Waals surface area contributed by atoms with Crippen molar-refractivity contribution in [3.63, 3.8) is 0 Å². The lowest BCUT2D eigenvalue weighted by Gasteiger charge is -2.09. The second kappa shape index (κ2) is 7.28. The van der Waals surface area contributed by atoms with E-state index in [1.165, 1.54) is 0 Å². The monoisotopic (exact) mass is 371 g/mol. The molecule has 3 aromatic rings. The fraction of sp³-hybridized carbons (Fsp3) is 0.118. The van der Waals surface area contributed by atoms with Gasteiger partial charge in [-0.05, 0) is 25.1 Å². The third-order valence-electron chi connectivity index (χ3n) is 3.55. The van der Waals surface area contributed by atoms with Crippen LogP contribution in [-0.2, 0) is 6.61 Å². The minimum absolute atomic E-state index is 0.128. The van der Waals surface area contributed by atoms with Crippen molar-refractivity contribution in [3.8, 4) is 17.0 Å². The molecule has 6 N–H and O–H groups in total. The van der Waals surface area contributed by atoms with Crippen molar-refractivity contribution in [3.05, 3.63) is 52.0 Å². The van der Waals surface area contributed by atoms with Gasteiger partial charge in [0.1, 0.15) is 18.2 Å². The Kier molecular flexibility index (Phi) is 4.90. The molecule has 0 saturated heterocycles. The average molecular weight is 371 g/mol. The van der Waals surface area contributed by atoms with E-state index in [0.29, 0.717) is 23.6 Å². The lowest BCUT2D eigenvalue weighted by Crippen LogP contribution is -2.22.